The van der Waals surface area contributed by atoms with Crippen molar-refractivity contribution in [3.8, 4) is 5.75 Å². The Kier molecular flexibility index (Phi) is 4.24. The molecule has 2 rings (SSSR count). The van der Waals surface area contributed by atoms with Crippen LogP contribution < -0.4 is 10.1 Å². The molecule has 2 atom stereocenters. The van der Waals surface area contributed by atoms with Crippen LogP contribution in [0.1, 0.15) is 19.8 Å². The molecular formula is C13H17ClFNO. The molecule has 0 aromatic heterocycles. The number of hydrogen-bond acceptors (Lipinski definition) is 2. The summed E-state index contributed by atoms with van der Waals surface area (Å²) in [4.78, 5) is 0. The highest BCUT2D eigenvalue weighted by Gasteiger charge is 2.25. The van der Waals surface area contributed by atoms with Crippen molar-refractivity contribution in [2.45, 2.75) is 25.9 Å². The second-order valence-corrected chi connectivity index (χ2v) is 4.83. The first-order valence-corrected chi connectivity index (χ1v) is 6.41. The number of nitrogens with one attached hydrogen (secondary N) is 1. The van der Waals surface area contributed by atoms with E-state index in [-0.39, 0.29) is 11.9 Å². The molecule has 4 heteroatoms. The van der Waals surface area contributed by atoms with Crippen LogP contribution >= 0.6 is 11.6 Å². The van der Waals surface area contributed by atoms with E-state index in [1.165, 1.54) is 6.07 Å². The highest BCUT2D eigenvalue weighted by atomic mass is 35.5. The van der Waals surface area contributed by atoms with Crippen molar-refractivity contribution < 1.29 is 9.13 Å². The zero-order chi connectivity index (χ0) is 12.3. The average Bonchev–Trinajstić information content (AvgIpc) is 2.81. The zero-order valence-corrected chi connectivity index (χ0v) is 10.6. The van der Waals surface area contributed by atoms with Crippen molar-refractivity contribution in [2.75, 3.05) is 13.1 Å². The lowest BCUT2D eigenvalue weighted by Gasteiger charge is -2.23. The van der Waals surface area contributed by atoms with Gasteiger partial charge in [0, 0.05) is 17.5 Å². The third-order valence-electron chi connectivity index (χ3n) is 3.20. The molecule has 0 radical (unpaired) electrons. The molecule has 2 nitrogen and oxygen atoms in total. The van der Waals surface area contributed by atoms with Crippen LogP contribution in [0.3, 0.4) is 0 Å². The third kappa shape index (κ3) is 3.11. The van der Waals surface area contributed by atoms with Crippen molar-refractivity contribution in [3.05, 3.63) is 29.0 Å². The maximum Gasteiger partial charge on any atom is 0.166 e. The second kappa shape index (κ2) is 5.69. The normalized spacial score (nSPS) is 21.5. The second-order valence-electron chi connectivity index (χ2n) is 4.39. The summed E-state index contributed by atoms with van der Waals surface area (Å²) in [6, 6.07) is 4.54. The Balaban J connectivity index is 2.06. The fraction of sp³-hybridized carbons (Fsp3) is 0.538. The van der Waals surface area contributed by atoms with Crippen LogP contribution in [0.2, 0.25) is 5.02 Å². The Bertz CT molecular complexity index is 380. The topological polar surface area (TPSA) is 21.3 Å². The molecule has 1 unspecified atom stereocenters. The van der Waals surface area contributed by atoms with Crippen molar-refractivity contribution >= 4 is 11.6 Å². The summed E-state index contributed by atoms with van der Waals surface area (Å²) < 4.78 is 19.4. The average molecular weight is 258 g/mol. The van der Waals surface area contributed by atoms with E-state index in [9.17, 15) is 4.39 Å². The predicted octanol–water partition coefficient (Wildman–Crippen LogP) is 3.25. The molecule has 0 amide bonds. The van der Waals surface area contributed by atoms with Crippen molar-refractivity contribution in [2.24, 2.45) is 5.92 Å². The van der Waals surface area contributed by atoms with E-state index in [0.29, 0.717) is 16.7 Å². The van der Waals surface area contributed by atoms with Crippen LogP contribution in [0.4, 0.5) is 4.39 Å². The lowest BCUT2D eigenvalue weighted by molar-refractivity contribution is 0.132. The number of rotatable bonds is 4. The summed E-state index contributed by atoms with van der Waals surface area (Å²) in [5.74, 6) is 0.380. The minimum absolute atomic E-state index is 0.0701. The van der Waals surface area contributed by atoms with E-state index in [1.54, 1.807) is 12.1 Å². The molecule has 1 aromatic rings. The molecule has 1 aliphatic rings. The lowest BCUT2D eigenvalue weighted by atomic mass is 9.99. The van der Waals surface area contributed by atoms with Gasteiger partial charge in [0.15, 0.2) is 11.6 Å². The van der Waals surface area contributed by atoms with Gasteiger partial charge in [-0.1, -0.05) is 18.5 Å². The van der Waals surface area contributed by atoms with E-state index >= 15 is 0 Å². The zero-order valence-electron chi connectivity index (χ0n) is 9.88. The van der Waals surface area contributed by atoms with Crippen LogP contribution in [-0.4, -0.2) is 19.2 Å². The summed E-state index contributed by atoms with van der Waals surface area (Å²) in [6.07, 6.45) is 2.04. The van der Waals surface area contributed by atoms with Gasteiger partial charge < -0.3 is 10.1 Å². The van der Waals surface area contributed by atoms with E-state index in [4.69, 9.17) is 16.3 Å². The number of ether oxygens (including phenoxy) is 1. The van der Waals surface area contributed by atoms with E-state index in [1.807, 2.05) is 0 Å². The van der Waals surface area contributed by atoms with Crippen molar-refractivity contribution in [1.29, 1.82) is 0 Å². The molecule has 1 fully saturated rings. The van der Waals surface area contributed by atoms with E-state index < -0.39 is 0 Å². The monoisotopic (exact) mass is 257 g/mol. The maximum atomic E-state index is 13.6. The summed E-state index contributed by atoms with van der Waals surface area (Å²) in [6.45, 7) is 4.04. The largest absolute Gasteiger partial charge is 0.487 e. The highest BCUT2D eigenvalue weighted by molar-refractivity contribution is 6.30. The molecule has 1 aliphatic heterocycles. The van der Waals surface area contributed by atoms with Crippen LogP contribution in [0.25, 0.3) is 0 Å². The van der Waals surface area contributed by atoms with Gasteiger partial charge in [-0.25, -0.2) is 4.39 Å². The van der Waals surface area contributed by atoms with Gasteiger partial charge in [-0.15, -0.1) is 0 Å². The summed E-state index contributed by atoms with van der Waals surface area (Å²) >= 11 is 5.71. The fourth-order valence-electron chi connectivity index (χ4n) is 2.24. The minimum atomic E-state index is -0.387. The standard InChI is InChI=1S/C13H17ClFNO/c1-2-12(9-5-6-16-8-9)17-13-4-3-10(14)7-11(13)15/h3-4,7,9,12,16H,2,5-6,8H2,1H3/t9?,12-/m0/s1. The maximum absolute atomic E-state index is 13.6. The molecule has 0 spiro atoms. The molecular weight excluding hydrogens is 241 g/mol. The molecule has 1 heterocycles. The highest BCUT2D eigenvalue weighted by Crippen LogP contribution is 2.26. The van der Waals surface area contributed by atoms with Crippen LogP contribution in [0.15, 0.2) is 18.2 Å². The van der Waals surface area contributed by atoms with Gasteiger partial charge in [-0.3, -0.25) is 0 Å². The summed E-state index contributed by atoms with van der Waals surface area (Å²) in [7, 11) is 0. The first-order valence-electron chi connectivity index (χ1n) is 6.03. The predicted molar refractivity (Wildman–Crippen MR) is 67.1 cm³/mol. The quantitative estimate of drug-likeness (QED) is 0.894. The number of hydrogen-bond donors (Lipinski definition) is 1. The summed E-state index contributed by atoms with van der Waals surface area (Å²) in [5, 5.41) is 3.70. The van der Waals surface area contributed by atoms with Crippen LogP contribution in [0.5, 0.6) is 5.75 Å². The van der Waals surface area contributed by atoms with Gasteiger partial charge in [0.2, 0.25) is 0 Å². The molecule has 17 heavy (non-hydrogen) atoms. The van der Waals surface area contributed by atoms with Gasteiger partial charge in [0.25, 0.3) is 0 Å². The van der Waals surface area contributed by atoms with Crippen molar-refractivity contribution in [1.82, 2.24) is 5.32 Å². The third-order valence-corrected chi connectivity index (χ3v) is 3.43. The fourth-order valence-corrected chi connectivity index (χ4v) is 2.40. The first-order chi connectivity index (χ1) is 8.20. The Hall–Kier alpha value is -0.800. The Labute approximate surface area is 106 Å². The van der Waals surface area contributed by atoms with Gasteiger partial charge in [0.05, 0.1) is 0 Å². The van der Waals surface area contributed by atoms with Crippen LogP contribution in [-0.2, 0) is 0 Å². The molecule has 94 valence electrons. The van der Waals surface area contributed by atoms with E-state index in [0.717, 1.165) is 25.9 Å². The Morgan fingerprint density at radius 1 is 1.59 bits per heavy atom. The molecule has 0 aliphatic carbocycles. The number of halogens is 2. The Morgan fingerprint density at radius 3 is 3.00 bits per heavy atom. The molecule has 1 aromatic carbocycles. The van der Waals surface area contributed by atoms with E-state index in [2.05, 4.69) is 12.2 Å². The minimum Gasteiger partial charge on any atom is -0.487 e. The lowest BCUT2D eigenvalue weighted by Crippen LogP contribution is -2.28. The molecule has 0 bridgehead atoms. The van der Waals surface area contributed by atoms with Gasteiger partial charge in [0.1, 0.15) is 6.10 Å². The number of benzene rings is 1. The van der Waals surface area contributed by atoms with Gasteiger partial charge in [-0.2, -0.15) is 0 Å². The molecule has 0 saturated carbocycles. The van der Waals surface area contributed by atoms with Gasteiger partial charge >= 0.3 is 0 Å². The Morgan fingerprint density at radius 2 is 2.41 bits per heavy atom. The molecule has 1 saturated heterocycles. The molecule has 1 N–H and O–H groups in total. The smallest absolute Gasteiger partial charge is 0.166 e. The van der Waals surface area contributed by atoms with Crippen LogP contribution in [0, 0.1) is 11.7 Å². The first kappa shape index (κ1) is 12.7. The van der Waals surface area contributed by atoms with Crippen molar-refractivity contribution in [3.63, 3.8) is 0 Å². The SMILES string of the molecule is CC[C@H](Oc1ccc(Cl)cc1F)C1CCNC1. The summed E-state index contributed by atoms with van der Waals surface area (Å²) in [5.41, 5.74) is 0. The van der Waals surface area contributed by atoms with Gasteiger partial charge in [-0.05, 0) is 37.6 Å².